The van der Waals surface area contributed by atoms with Crippen LogP contribution in [-0.4, -0.2) is 11.7 Å². The Morgan fingerprint density at radius 2 is 1.26 bits per heavy atom. The highest BCUT2D eigenvalue weighted by Crippen LogP contribution is 2.26. The normalized spacial score (nSPS) is 10.9. The average Bonchev–Trinajstić information content (AvgIpc) is 2.48. The lowest BCUT2D eigenvalue weighted by atomic mass is 9.78. The molecule has 0 spiro atoms. The van der Waals surface area contributed by atoms with Crippen LogP contribution < -0.4 is 0 Å². The van der Waals surface area contributed by atoms with Crippen molar-refractivity contribution in [2.75, 3.05) is 6.61 Å². The van der Waals surface area contributed by atoms with Gasteiger partial charge >= 0.3 is 0 Å². The molecule has 0 amide bonds. The maximum atomic E-state index is 9.68. The van der Waals surface area contributed by atoms with E-state index in [4.69, 9.17) is 0 Å². The van der Waals surface area contributed by atoms with E-state index in [1.54, 1.807) is 0 Å². The predicted molar refractivity (Wildman–Crippen MR) is 75.4 cm³/mol. The van der Waals surface area contributed by atoms with E-state index in [2.05, 4.69) is 6.07 Å². The molecule has 2 aromatic carbocycles. The maximum Gasteiger partial charge on any atom is 0.0884 e. The molecule has 2 rings (SSSR count). The first-order valence-electron chi connectivity index (χ1n) is 6.38. The molecule has 0 atom stereocenters. The van der Waals surface area contributed by atoms with Crippen molar-refractivity contribution in [3.05, 3.63) is 71.8 Å². The van der Waals surface area contributed by atoms with E-state index in [1.165, 1.54) is 0 Å². The number of nitriles is 1. The Kier molecular flexibility index (Phi) is 4.33. The fourth-order valence-electron chi connectivity index (χ4n) is 2.26. The fraction of sp³-hybridized carbons (Fsp3) is 0.235. The fourth-order valence-corrected chi connectivity index (χ4v) is 2.26. The number of hydrogen-bond acceptors (Lipinski definition) is 2. The van der Waals surface area contributed by atoms with E-state index in [0.29, 0.717) is 12.8 Å². The van der Waals surface area contributed by atoms with Gasteiger partial charge in [0.2, 0.25) is 0 Å². The van der Waals surface area contributed by atoms with Gasteiger partial charge < -0.3 is 5.11 Å². The topological polar surface area (TPSA) is 44.0 Å². The molecule has 2 heteroatoms. The first kappa shape index (κ1) is 13.3. The van der Waals surface area contributed by atoms with Crippen molar-refractivity contribution in [1.29, 1.82) is 5.26 Å². The van der Waals surface area contributed by atoms with Crippen molar-refractivity contribution in [2.45, 2.75) is 12.8 Å². The number of rotatable bonds is 5. The molecule has 0 radical (unpaired) electrons. The van der Waals surface area contributed by atoms with Crippen LogP contribution in [0.2, 0.25) is 0 Å². The second-order valence-corrected chi connectivity index (χ2v) is 4.87. The second kappa shape index (κ2) is 6.17. The van der Waals surface area contributed by atoms with Gasteiger partial charge in [-0.2, -0.15) is 5.26 Å². The smallest absolute Gasteiger partial charge is 0.0884 e. The first-order valence-corrected chi connectivity index (χ1v) is 6.38. The molecule has 2 nitrogen and oxygen atoms in total. The van der Waals surface area contributed by atoms with Crippen LogP contribution in [0.4, 0.5) is 0 Å². The third-order valence-corrected chi connectivity index (χ3v) is 3.31. The van der Waals surface area contributed by atoms with Crippen molar-refractivity contribution in [1.82, 2.24) is 0 Å². The Morgan fingerprint density at radius 1 is 0.842 bits per heavy atom. The van der Waals surface area contributed by atoms with Crippen LogP contribution in [0.5, 0.6) is 0 Å². The summed E-state index contributed by atoms with van der Waals surface area (Å²) in [5.74, 6) is 0. The predicted octanol–water partition coefficient (Wildman–Crippen LogP) is 2.97. The number of nitrogens with zero attached hydrogens (tertiary/aromatic N) is 1. The third-order valence-electron chi connectivity index (χ3n) is 3.31. The molecule has 0 heterocycles. The molecule has 0 aliphatic rings. The van der Waals surface area contributed by atoms with E-state index < -0.39 is 5.41 Å². The van der Waals surface area contributed by atoms with Crippen LogP contribution in [0.3, 0.4) is 0 Å². The maximum absolute atomic E-state index is 9.68. The van der Waals surface area contributed by atoms with Crippen LogP contribution in [0.15, 0.2) is 60.7 Å². The molecular weight excluding hydrogens is 234 g/mol. The Balaban J connectivity index is 2.21. The van der Waals surface area contributed by atoms with Crippen molar-refractivity contribution in [2.24, 2.45) is 5.41 Å². The zero-order chi connectivity index (χ0) is 13.6. The largest absolute Gasteiger partial charge is 0.395 e. The van der Waals surface area contributed by atoms with Crippen molar-refractivity contribution in [3.8, 4) is 6.07 Å². The van der Waals surface area contributed by atoms with Gasteiger partial charge in [0.1, 0.15) is 0 Å². The summed E-state index contributed by atoms with van der Waals surface area (Å²) in [6.07, 6.45) is 1.13. The van der Waals surface area contributed by atoms with Crippen LogP contribution in [0.25, 0.3) is 0 Å². The summed E-state index contributed by atoms with van der Waals surface area (Å²) < 4.78 is 0. The zero-order valence-electron chi connectivity index (χ0n) is 10.8. The minimum Gasteiger partial charge on any atom is -0.395 e. The van der Waals surface area contributed by atoms with Crippen LogP contribution >= 0.6 is 0 Å². The summed E-state index contributed by atoms with van der Waals surface area (Å²) in [6, 6.07) is 22.0. The lowest BCUT2D eigenvalue weighted by Crippen LogP contribution is -2.29. The summed E-state index contributed by atoms with van der Waals surface area (Å²) in [4.78, 5) is 0. The van der Waals surface area contributed by atoms with Crippen LogP contribution in [0, 0.1) is 16.7 Å². The van der Waals surface area contributed by atoms with Gasteiger partial charge in [-0.3, -0.25) is 0 Å². The van der Waals surface area contributed by atoms with E-state index in [0.717, 1.165) is 11.1 Å². The number of benzene rings is 2. The van der Waals surface area contributed by atoms with E-state index in [1.807, 2.05) is 60.7 Å². The number of hydrogen-bond donors (Lipinski definition) is 1. The van der Waals surface area contributed by atoms with Gasteiger partial charge in [-0.25, -0.2) is 0 Å². The summed E-state index contributed by atoms with van der Waals surface area (Å²) in [5.41, 5.74) is 1.41. The van der Waals surface area contributed by atoms with Gasteiger partial charge in [0.15, 0.2) is 0 Å². The van der Waals surface area contributed by atoms with Gasteiger partial charge in [-0.1, -0.05) is 60.7 Å². The quantitative estimate of drug-likeness (QED) is 0.887. The highest BCUT2D eigenvalue weighted by molar-refractivity contribution is 5.24. The van der Waals surface area contributed by atoms with Crippen LogP contribution in [-0.2, 0) is 12.8 Å². The molecule has 0 saturated heterocycles. The molecule has 19 heavy (non-hydrogen) atoms. The lowest BCUT2D eigenvalue weighted by Gasteiger charge is -2.24. The summed E-state index contributed by atoms with van der Waals surface area (Å²) in [5, 5.41) is 19.2. The molecular formula is C17H17NO. The second-order valence-electron chi connectivity index (χ2n) is 4.87. The highest BCUT2D eigenvalue weighted by atomic mass is 16.3. The van der Waals surface area contributed by atoms with Gasteiger partial charge in [-0.15, -0.1) is 0 Å². The van der Waals surface area contributed by atoms with Gasteiger partial charge in [0.05, 0.1) is 18.1 Å². The molecule has 0 saturated carbocycles. The molecule has 0 unspecified atom stereocenters. The SMILES string of the molecule is N#CC(CO)(Cc1ccccc1)Cc1ccccc1. The van der Waals surface area contributed by atoms with Gasteiger partial charge in [0, 0.05) is 0 Å². The van der Waals surface area contributed by atoms with Gasteiger partial charge in [0.25, 0.3) is 0 Å². The Morgan fingerprint density at radius 3 is 1.58 bits per heavy atom. The standard InChI is InChI=1S/C17H17NO/c18-13-17(14-19,11-15-7-3-1-4-8-15)12-16-9-5-2-6-10-16/h1-10,19H,11-12,14H2. The Hall–Kier alpha value is -2.11. The first-order chi connectivity index (χ1) is 9.28. The zero-order valence-corrected chi connectivity index (χ0v) is 10.8. The molecule has 0 fully saturated rings. The summed E-state index contributed by atoms with van der Waals surface area (Å²) in [6.45, 7) is -0.132. The Labute approximate surface area is 114 Å². The highest BCUT2D eigenvalue weighted by Gasteiger charge is 2.30. The Bertz CT molecular complexity index is 501. The molecule has 0 aliphatic heterocycles. The molecule has 2 aromatic rings. The van der Waals surface area contributed by atoms with Crippen molar-refractivity contribution in [3.63, 3.8) is 0 Å². The minimum atomic E-state index is -0.747. The van der Waals surface area contributed by atoms with Crippen LogP contribution in [0.1, 0.15) is 11.1 Å². The van der Waals surface area contributed by atoms with Crippen molar-refractivity contribution >= 4 is 0 Å². The summed E-state index contributed by atoms with van der Waals surface area (Å²) >= 11 is 0. The molecule has 1 N–H and O–H groups in total. The van der Waals surface area contributed by atoms with Gasteiger partial charge in [-0.05, 0) is 24.0 Å². The van der Waals surface area contributed by atoms with E-state index in [-0.39, 0.29) is 6.61 Å². The molecule has 0 aliphatic carbocycles. The summed E-state index contributed by atoms with van der Waals surface area (Å²) in [7, 11) is 0. The minimum absolute atomic E-state index is 0.132. The third kappa shape index (κ3) is 3.43. The monoisotopic (exact) mass is 251 g/mol. The number of aliphatic hydroxyl groups excluding tert-OH is 1. The average molecular weight is 251 g/mol. The molecule has 0 bridgehead atoms. The van der Waals surface area contributed by atoms with E-state index in [9.17, 15) is 10.4 Å². The molecule has 0 aromatic heterocycles. The lowest BCUT2D eigenvalue weighted by molar-refractivity contribution is 0.174. The number of aliphatic hydroxyl groups is 1. The van der Waals surface area contributed by atoms with Crippen molar-refractivity contribution < 1.29 is 5.11 Å². The molecule has 96 valence electrons. The van der Waals surface area contributed by atoms with E-state index >= 15 is 0 Å².